The van der Waals surface area contributed by atoms with Crippen molar-refractivity contribution in [3.8, 4) is 0 Å². The molecule has 6 nitrogen and oxygen atoms in total. The molecule has 1 amide bonds. The zero-order valence-electron chi connectivity index (χ0n) is 13.0. The Morgan fingerprint density at radius 3 is 2.95 bits per heavy atom. The lowest BCUT2D eigenvalue weighted by molar-refractivity contribution is -0.127. The van der Waals surface area contributed by atoms with E-state index in [9.17, 15) is 4.79 Å². The molecule has 2 rings (SSSR count). The van der Waals surface area contributed by atoms with Crippen LogP contribution in [0.4, 0.5) is 5.69 Å². The van der Waals surface area contributed by atoms with Crippen molar-refractivity contribution in [3.63, 3.8) is 0 Å². The van der Waals surface area contributed by atoms with Gasteiger partial charge in [0.25, 0.3) is 0 Å². The van der Waals surface area contributed by atoms with E-state index in [-0.39, 0.29) is 11.3 Å². The summed E-state index contributed by atoms with van der Waals surface area (Å²) in [5.41, 5.74) is 0.541. The molecule has 1 aliphatic heterocycles. The van der Waals surface area contributed by atoms with Crippen LogP contribution in [0.5, 0.6) is 0 Å². The summed E-state index contributed by atoms with van der Waals surface area (Å²) in [6, 6.07) is 0. The molecule has 2 heterocycles. The van der Waals surface area contributed by atoms with Gasteiger partial charge in [0, 0.05) is 13.3 Å². The van der Waals surface area contributed by atoms with Gasteiger partial charge in [-0.3, -0.25) is 9.48 Å². The smallest absolute Gasteiger partial charge is 0.230 e. The van der Waals surface area contributed by atoms with Crippen LogP contribution in [-0.4, -0.2) is 42.5 Å². The summed E-state index contributed by atoms with van der Waals surface area (Å²) in [7, 11) is 1.66. The van der Waals surface area contributed by atoms with Gasteiger partial charge in [0.05, 0.1) is 30.5 Å². The summed E-state index contributed by atoms with van der Waals surface area (Å²) in [5, 5.41) is 10.6. The Hall–Kier alpha value is -1.40. The standard InChI is InChI=1S/C15H26N4O2/c1-3-4-15(5-7-16-8-6-15)14(20)18-13-11-17-19(12-13)9-10-21-2/h11-12,16H,3-10H2,1-2H3,(H,18,20). The highest BCUT2D eigenvalue weighted by Crippen LogP contribution is 2.35. The first kappa shape index (κ1) is 16.0. The number of rotatable bonds is 7. The fourth-order valence-corrected chi connectivity index (χ4v) is 2.97. The molecule has 21 heavy (non-hydrogen) atoms. The number of ether oxygens (including phenoxy) is 1. The molecular weight excluding hydrogens is 268 g/mol. The van der Waals surface area contributed by atoms with Gasteiger partial charge in [0.2, 0.25) is 5.91 Å². The molecule has 1 aromatic heterocycles. The fraction of sp³-hybridized carbons (Fsp3) is 0.733. The summed E-state index contributed by atoms with van der Waals surface area (Å²) in [5.74, 6) is 0.136. The van der Waals surface area contributed by atoms with E-state index >= 15 is 0 Å². The largest absolute Gasteiger partial charge is 0.383 e. The lowest BCUT2D eigenvalue weighted by Gasteiger charge is -2.35. The third-order valence-electron chi connectivity index (χ3n) is 4.19. The minimum atomic E-state index is -0.228. The first-order valence-electron chi connectivity index (χ1n) is 7.74. The number of carbonyl (C=O) groups is 1. The molecule has 0 spiro atoms. The summed E-state index contributed by atoms with van der Waals surface area (Å²) >= 11 is 0. The molecule has 0 atom stereocenters. The van der Waals surface area contributed by atoms with Crippen LogP contribution in [-0.2, 0) is 16.1 Å². The first-order chi connectivity index (χ1) is 10.2. The molecule has 1 aromatic rings. The number of hydrogen-bond acceptors (Lipinski definition) is 4. The van der Waals surface area contributed by atoms with Crippen LogP contribution in [0.3, 0.4) is 0 Å². The zero-order valence-corrected chi connectivity index (χ0v) is 13.0. The number of nitrogens with one attached hydrogen (secondary N) is 2. The highest BCUT2D eigenvalue weighted by Gasteiger charge is 2.38. The van der Waals surface area contributed by atoms with Crippen LogP contribution in [0.15, 0.2) is 12.4 Å². The molecule has 2 N–H and O–H groups in total. The third-order valence-corrected chi connectivity index (χ3v) is 4.19. The third kappa shape index (κ3) is 4.04. The second-order valence-electron chi connectivity index (χ2n) is 5.72. The van der Waals surface area contributed by atoms with Crippen LogP contribution in [0.2, 0.25) is 0 Å². The van der Waals surface area contributed by atoms with E-state index in [1.807, 2.05) is 6.20 Å². The number of piperidine rings is 1. The highest BCUT2D eigenvalue weighted by atomic mass is 16.5. The van der Waals surface area contributed by atoms with E-state index < -0.39 is 0 Å². The minimum Gasteiger partial charge on any atom is -0.383 e. The van der Waals surface area contributed by atoms with Crippen molar-refractivity contribution in [1.82, 2.24) is 15.1 Å². The molecule has 1 saturated heterocycles. The average molecular weight is 294 g/mol. The second kappa shape index (κ2) is 7.56. The van der Waals surface area contributed by atoms with Crippen molar-refractivity contribution in [2.24, 2.45) is 5.41 Å². The van der Waals surface area contributed by atoms with Gasteiger partial charge in [-0.1, -0.05) is 13.3 Å². The monoisotopic (exact) mass is 294 g/mol. The summed E-state index contributed by atoms with van der Waals surface area (Å²) in [6.07, 6.45) is 7.35. The van der Waals surface area contributed by atoms with Gasteiger partial charge in [-0.15, -0.1) is 0 Å². The van der Waals surface area contributed by atoms with Crippen molar-refractivity contribution < 1.29 is 9.53 Å². The van der Waals surface area contributed by atoms with E-state index in [0.717, 1.165) is 44.5 Å². The molecular formula is C15H26N4O2. The summed E-state index contributed by atoms with van der Waals surface area (Å²) < 4.78 is 6.81. The number of nitrogens with zero attached hydrogens (tertiary/aromatic N) is 2. The van der Waals surface area contributed by atoms with E-state index in [1.165, 1.54) is 0 Å². The van der Waals surface area contributed by atoms with Crippen molar-refractivity contribution in [2.75, 3.05) is 32.1 Å². The van der Waals surface area contributed by atoms with E-state index in [2.05, 4.69) is 22.7 Å². The molecule has 118 valence electrons. The fourth-order valence-electron chi connectivity index (χ4n) is 2.97. The summed E-state index contributed by atoms with van der Waals surface area (Å²) in [6.45, 7) is 5.28. The van der Waals surface area contributed by atoms with Gasteiger partial charge in [0.1, 0.15) is 0 Å². The maximum atomic E-state index is 12.7. The van der Waals surface area contributed by atoms with E-state index in [0.29, 0.717) is 13.2 Å². The van der Waals surface area contributed by atoms with Gasteiger partial charge in [-0.2, -0.15) is 5.10 Å². The quantitative estimate of drug-likeness (QED) is 0.802. The van der Waals surface area contributed by atoms with Crippen molar-refractivity contribution in [1.29, 1.82) is 0 Å². The molecule has 0 aromatic carbocycles. The number of amides is 1. The highest BCUT2D eigenvalue weighted by molar-refractivity contribution is 5.95. The van der Waals surface area contributed by atoms with Crippen LogP contribution in [0.25, 0.3) is 0 Å². The molecule has 6 heteroatoms. The lowest BCUT2D eigenvalue weighted by Crippen LogP contribution is -2.44. The molecule has 0 saturated carbocycles. The molecule has 0 unspecified atom stereocenters. The van der Waals surface area contributed by atoms with Crippen LogP contribution >= 0.6 is 0 Å². The Morgan fingerprint density at radius 2 is 2.29 bits per heavy atom. The average Bonchev–Trinajstić information content (AvgIpc) is 2.94. The van der Waals surface area contributed by atoms with Crippen molar-refractivity contribution in [2.45, 2.75) is 39.2 Å². The second-order valence-corrected chi connectivity index (χ2v) is 5.72. The van der Waals surface area contributed by atoms with Gasteiger partial charge in [-0.05, 0) is 32.4 Å². The van der Waals surface area contributed by atoms with Gasteiger partial charge in [-0.25, -0.2) is 0 Å². The predicted molar refractivity (Wildman–Crippen MR) is 82.2 cm³/mol. The van der Waals surface area contributed by atoms with Crippen LogP contribution in [0, 0.1) is 5.41 Å². The molecule has 0 aliphatic carbocycles. The number of aromatic nitrogens is 2. The number of anilines is 1. The Kier molecular flexibility index (Phi) is 5.76. The van der Waals surface area contributed by atoms with Gasteiger partial charge >= 0.3 is 0 Å². The number of hydrogen-bond donors (Lipinski definition) is 2. The summed E-state index contributed by atoms with van der Waals surface area (Å²) in [4.78, 5) is 12.7. The normalized spacial score (nSPS) is 17.6. The predicted octanol–water partition coefficient (Wildman–Crippen LogP) is 1.64. The zero-order chi connectivity index (χ0) is 15.1. The minimum absolute atomic E-state index is 0.136. The Morgan fingerprint density at radius 1 is 1.52 bits per heavy atom. The first-order valence-corrected chi connectivity index (χ1v) is 7.74. The van der Waals surface area contributed by atoms with E-state index in [1.54, 1.807) is 18.0 Å². The molecule has 0 bridgehead atoms. The topological polar surface area (TPSA) is 68.2 Å². The Labute approximate surface area is 126 Å². The van der Waals surface area contributed by atoms with E-state index in [4.69, 9.17) is 4.74 Å². The Balaban J connectivity index is 1.99. The van der Waals surface area contributed by atoms with Gasteiger partial charge in [0.15, 0.2) is 0 Å². The maximum Gasteiger partial charge on any atom is 0.230 e. The Bertz CT molecular complexity index is 447. The number of carbonyl (C=O) groups excluding carboxylic acids is 1. The van der Waals surface area contributed by atoms with Crippen LogP contribution in [0.1, 0.15) is 32.6 Å². The molecule has 1 aliphatic rings. The van der Waals surface area contributed by atoms with Crippen LogP contribution < -0.4 is 10.6 Å². The molecule has 1 fully saturated rings. The van der Waals surface area contributed by atoms with Crippen molar-refractivity contribution in [3.05, 3.63) is 12.4 Å². The van der Waals surface area contributed by atoms with Gasteiger partial charge < -0.3 is 15.4 Å². The number of methoxy groups -OCH3 is 1. The molecule has 0 radical (unpaired) electrons. The SMILES string of the molecule is CCCC1(C(=O)Nc2cnn(CCOC)c2)CCNCC1. The lowest BCUT2D eigenvalue weighted by atomic mass is 9.74. The maximum absolute atomic E-state index is 12.7. The van der Waals surface area contributed by atoms with Crippen molar-refractivity contribution >= 4 is 11.6 Å².